The molecule has 1 N–H and O–H groups in total. The van der Waals surface area contributed by atoms with Gasteiger partial charge in [0.25, 0.3) is 0 Å². The predicted octanol–water partition coefficient (Wildman–Crippen LogP) is 3.38. The Kier molecular flexibility index (Phi) is 3.87. The van der Waals surface area contributed by atoms with Crippen LogP contribution in [0, 0.1) is 5.41 Å². The summed E-state index contributed by atoms with van der Waals surface area (Å²) in [4.78, 5) is 2.60. The van der Waals surface area contributed by atoms with Crippen molar-refractivity contribution in [3.8, 4) is 0 Å². The zero-order valence-electron chi connectivity index (χ0n) is 13.2. The Balaban J connectivity index is 1.69. The molecule has 1 saturated heterocycles. The van der Waals surface area contributed by atoms with E-state index in [1.165, 1.54) is 50.0 Å². The summed E-state index contributed by atoms with van der Waals surface area (Å²) >= 11 is 0. The molecule has 20 heavy (non-hydrogen) atoms. The van der Waals surface area contributed by atoms with Crippen LogP contribution in [0.25, 0.3) is 0 Å². The fraction of sp³-hybridized carbons (Fsp3) is 0.667. The van der Waals surface area contributed by atoms with Gasteiger partial charge in [0.15, 0.2) is 0 Å². The van der Waals surface area contributed by atoms with Gasteiger partial charge in [0.1, 0.15) is 0 Å². The fourth-order valence-corrected chi connectivity index (χ4v) is 4.00. The number of likely N-dealkylation sites (tertiary alicyclic amines) is 1. The second-order valence-electron chi connectivity index (χ2n) is 7.37. The van der Waals surface area contributed by atoms with Gasteiger partial charge in [0.2, 0.25) is 0 Å². The van der Waals surface area contributed by atoms with Gasteiger partial charge in [-0.15, -0.1) is 0 Å². The van der Waals surface area contributed by atoms with E-state index in [1.54, 1.807) is 0 Å². The average molecular weight is 272 g/mol. The number of rotatable bonds is 4. The first-order valence-electron chi connectivity index (χ1n) is 8.12. The van der Waals surface area contributed by atoms with Crippen LogP contribution < -0.4 is 5.32 Å². The van der Waals surface area contributed by atoms with Crippen LogP contribution in [0.4, 0.5) is 0 Å². The van der Waals surface area contributed by atoms with Crippen LogP contribution in [0.2, 0.25) is 0 Å². The Morgan fingerprint density at radius 1 is 1.25 bits per heavy atom. The zero-order valence-corrected chi connectivity index (χ0v) is 13.2. The number of benzene rings is 1. The fourth-order valence-electron chi connectivity index (χ4n) is 4.00. The second kappa shape index (κ2) is 5.50. The molecule has 0 spiro atoms. The molecule has 110 valence electrons. The molecule has 2 nitrogen and oxygen atoms in total. The monoisotopic (exact) mass is 272 g/mol. The van der Waals surface area contributed by atoms with E-state index in [1.807, 2.05) is 0 Å². The minimum absolute atomic E-state index is 0.322. The second-order valence-corrected chi connectivity index (χ2v) is 7.37. The van der Waals surface area contributed by atoms with Crippen molar-refractivity contribution in [2.24, 2.45) is 5.41 Å². The molecule has 1 fully saturated rings. The van der Waals surface area contributed by atoms with Crippen LogP contribution in [0.1, 0.15) is 50.8 Å². The Bertz CT molecular complexity index is 460. The van der Waals surface area contributed by atoms with Crippen LogP contribution in [0.5, 0.6) is 0 Å². The Morgan fingerprint density at radius 3 is 2.70 bits per heavy atom. The maximum atomic E-state index is 3.91. The molecular formula is C18H28N2. The Morgan fingerprint density at radius 2 is 1.95 bits per heavy atom. The molecule has 1 aromatic rings. The Hall–Kier alpha value is -0.860. The summed E-state index contributed by atoms with van der Waals surface area (Å²) in [5, 5.41) is 3.91. The molecule has 0 saturated carbocycles. The van der Waals surface area contributed by atoms with E-state index >= 15 is 0 Å². The topological polar surface area (TPSA) is 15.3 Å². The first-order chi connectivity index (χ1) is 9.56. The number of nitrogens with one attached hydrogen (secondary N) is 1. The van der Waals surface area contributed by atoms with Crippen molar-refractivity contribution in [2.45, 2.75) is 52.1 Å². The van der Waals surface area contributed by atoms with Gasteiger partial charge in [-0.05, 0) is 55.8 Å². The largest absolute Gasteiger partial charge is 0.306 e. The molecule has 1 heterocycles. The highest BCUT2D eigenvalue weighted by Crippen LogP contribution is 2.45. The number of hydrogen-bond donors (Lipinski definition) is 1. The smallest absolute Gasteiger partial charge is 0.0380 e. The van der Waals surface area contributed by atoms with Crippen LogP contribution in [-0.2, 0) is 6.42 Å². The lowest BCUT2D eigenvalue weighted by atomic mass is 9.85. The summed E-state index contributed by atoms with van der Waals surface area (Å²) in [6.45, 7) is 10.9. The van der Waals surface area contributed by atoms with Crippen LogP contribution in [-0.4, -0.2) is 30.6 Å². The first kappa shape index (κ1) is 14.1. The molecule has 1 aromatic carbocycles. The standard InChI is InChI=1S/C18H28N2/c1-14(13-20-10-6-7-11-20)19-17-16-9-5-4-8-15(16)12-18(17,2)3/h4-5,8-9,14,17,19H,6-7,10-13H2,1-3H3. The van der Waals surface area contributed by atoms with E-state index in [0.717, 1.165) is 0 Å². The van der Waals surface area contributed by atoms with Gasteiger partial charge in [-0.2, -0.15) is 0 Å². The number of hydrogen-bond acceptors (Lipinski definition) is 2. The van der Waals surface area contributed by atoms with Crippen molar-refractivity contribution < 1.29 is 0 Å². The van der Waals surface area contributed by atoms with Gasteiger partial charge in [-0.1, -0.05) is 38.1 Å². The summed E-state index contributed by atoms with van der Waals surface area (Å²) in [6, 6.07) is 10.0. The summed E-state index contributed by atoms with van der Waals surface area (Å²) in [7, 11) is 0. The summed E-state index contributed by atoms with van der Waals surface area (Å²) < 4.78 is 0. The molecule has 2 heteroatoms. The maximum Gasteiger partial charge on any atom is 0.0380 e. The maximum absolute atomic E-state index is 3.91. The molecule has 0 radical (unpaired) electrons. The van der Waals surface area contributed by atoms with Crippen LogP contribution in [0.3, 0.4) is 0 Å². The highest BCUT2D eigenvalue weighted by atomic mass is 15.2. The molecule has 1 aliphatic heterocycles. The number of nitrogens with zero attached hydrogens (tertiary/aromatic N) is 1. The normalized spacial score (nSPS) is 26.6. The van der Waals surface area contributed by atoms with Gasteiger partial charge in [0, 0.05) is 18.6 Å². The van der Waals surface area contributed by atoms with E-state index < -0.39 is 0 Å². The van der Waals surface area contributed by atoms with Crippen molar-refractivity contribution in [2.75, 3.05) is 19.6 Å². The highest BCUT2D eigenvalue weighted by Gasteiger charge is 2.39. The third kappa shape index (κ3) is 2.77. The van der Waals surface area contributed by atoms with Crippen LogP contribution in [0.15, 0.2) is 24.3 Å². The van der Waals surface area contributed by atoms with Crippen molar-refractivity contribution in [1.29, 1.82) is 0 Å². The molecule has 3 rings (SSSR count). The minimum atomic E-state index is 0.322. The van der Waals surface area contributed by atoms with Crippen molar-refractivity contribution in [3.05, 3.63) is 35.4 Å². The van der Waals surface area contributed by atoms with Crippen molar-refractivity contribution >= 4 is 0 Å². The molecule has 2 aliphatic rings. The SMILES string of the molecule is CC(CN1CCCC1)NC1c2ccccc2CC1(C)C. The molecule has 0 aromatic heterocycles. The van der Waals surface area contributed by atoms with E-state index in [2.05, 4.69) is 55.3 Å². The number of fused-ring (bicyclic) bond motifs is 1. The molecule has 2 atom stereocenters. The van der Waals surface area contributed by atoms with E-state index in [4.69, 9.17) is 0 Å². The van der Waals surface area contributed by atoms with E-state index in [-0.39, 0.29) is 0 Å². The Labute approximate surface area is 123 Å². The highest BCUT2D eigenvalue weighted by molar-refractivity contribution is 5.37. The zero-order chi connectivity index (χ0) is 14.2. The first-order valence-corrected chi connectivity index (χ1v) is 8.12. The molecular weight excluding hydrogens is 244 g/mol. The summed E-state index contributed by atoms with van der Waals surface area (Å²) in [5.74, 6) is 0. The lowest BCUT2D eigenvalue weighted by molar-refractivity contribution is 0.222. The van der Waals surface area contributed by atoms with E-state index in [0.29, 0.717) is 17.5 Å². The molecule has 0 bridgehead atoms. The van der Waals surface area contributed by atoms with Gasteiger partial charge in [-0.3, -0.25) is 0 Å². The van der Waals surface area contributed by atoms with Crippen LogP contribution >= 0.6 is 0 Å². The predicted molar refractivity (Wildman–Crippen MR) is 84.9 cm³/mol. The third-order valence-corrected chi connectivity index (χ3v) is 4.98. The third-order valence-electron chi connectivity index (χ3n) is 4.98. The van der Waals surface area contributed by atoms with Gasteiger partial charge in [-0.25, -0.2) is 0 Å². The van der Waals surface area contributed by atoms with Crippen molar-refractivity contribution in [3.63, 3.8) is 0 Å². The lowest BCUT2D eigenvalue weighted by Crippen LogP contribution is -2.43. The minimum Gasteiger partial charge on any atom is -0.306 e. The van der Waals surface area contributed by atoms with E-state index in [9.17, 15) is 0 Å². The molecule has 2 unspecified atom stereocenters. The van der Waals surface area contributed by atoms with Gasteiger partial charge >= 0.3 is 0 Å². The quantitative estimate of drug-likeness (QED) is 0.904. The van der Waals surface area contributed by atoms with Crippen molar-refractivity contribution in [1.82, 2.24) is 10.2 Å². The molecule has 1 aliphatic carbocycles. The lowest BCUT2D eigenvalue weighted by Gasteiger charge is -2.33. The van der Waals surface area contributed by atoms with Gasteiger partial charge in [0.05, 0.1) is 0 Å². The summed E-state index contributed by atoms with van der Waals surface area (Å²) in [6.07, 6.45) is 3.95. The summed E-state index contributed by atoms with van der Waals surface area (Å²) in [5.41, 5.74) is 3.37. The average Bonchev–Trinajstić information content (AvgIpc) is 2.97. The molecule has 0 amide bonds. The van der Waals surface area contributed by atoms with Gasteiger partial charge < -0.3 is 10.2 Å².